The molecule has 0 bridgehead atoms. The molecule has 0 aliphatic heterocycles. The summed E-state index contributed by atoms with van der Waals surface area (Å²) in [5.74, 6) is 0.496. The molecule has 6 nitrogen and oxygen atoms in total. The first-order valence-electron chi connectivity index (χ1n) is 6.16. The molecule has 0 fully saturated rings. The number of amides is 1. The molecule has 0 aliphatic rings. The summed E-state index contributed by atoms with van der Waals surface area (Å²) in [5.41, 5.74) is 1.52. The highest BCUT2D eigenvalue weighted by molar-refractivity contribution is 6.31. The molecule has 0 saturated carbocycles. The first-order chi connectivity index (χ1) is 9.49. The number of nitrogens with zero attached hydrogens (tertiary/aromatic N) is 3. The second kappa shape index (κ2) is 5.92. The van der Waals surface area contributed by atoms with Crippen molar-refractivity contribution in [1.82, 2.24) is 25.1 Å². The predicted octanol–water partition coefficient (Wildman–Crippen LogP) is 2.00. The maximum Gasteiger partial charge on any atom is 0.244 e. The van der Waals surface area contributed by atoms with Crippen molar-refractivity contribution in [2.24, 2.45) is 7.05 Å². The molecule has 7 heteroatoms. The molecule has 2 aromatic heterocycles. The van der Waals surface area contributed by atoms with E-state index in [2.05, 4.69) is 20.4 Å². The maximum absolute atomic E-state index is 11.8. The zero-order valence-electron chi connectivity index (χ0n) is 11.5. The van der Waals surface area contributed by atoms with Gasteiger partial charge >= 0.3 is 0 Å². The topological polar surface area (TPSA) is 75.6 Å². The van der Waals surface area contributed by atoms with Gasteiger partial charge in [-0.15, -0.1) is 0 Å². The summed E-state index contributed by atoms with van der Waals surface area (Å²) >= 11 is 6.09. The van der Waals surface area contributed by atoms with Crippen LogP contribution in [-0.2, 0) is 11.8 Å². The number of aryl methyl sites for hydroxylation is 2. The molecular formula is C13H16ClN5O. The number of hydrogen-bond donors (Lipinski definition) is 2. The molecule has 106 valence electrons. The number of hydrogen-bond acceptors (Lipinski definition) is 3. The molecule has 0 aromatic carbocycles. The standard InChI is InChI=1S/C13H16ClN5O/c1-8-10(12(14)19(3)18-8)4-5-11(20)17-9(2)13-15-6-7-16-13/h4-7,9H,1-3H3,(H,15,16)(H,17,20)/b5-4+. The fourth-order valence-electron chi connectivity index (χ4n) is 1.84. The monoisotopic (exact) mass is 293 g/mol. The zero-order valence-corrected chi connectivity index (χ0v) is 12.3. The number of aromatic nitrogens is 4. The van der Waals surface area contributed by atoms with E-state index in [0.717, 1.165) is 11.3 Å². The van der Waals surface area contributed by atoms with Gasteiger partial charge in [0.2, 0.25) is 5.91 Å². The minimum absolute atomic E-state index is 0.187. The lowest BCUT2D eigenvalue weighted by molar-refractivity contribution is -0.117. The number of aromatic amines is 1. The highest BCUT2D eigenvalue weighted by Gasteiger charge is 2.11. The summed E-state index contributed by atoms with van der Waals surface area (Å²) in [6.45, 7) is 3.70. The van der Waals surface area contributed by atoms with E-state index >= 15 is 0 Å². The Labute approximate surface area is 121 Å². The van der Waals surface area contributed by atoms with Gasteiger partial charge in [0.05, 0.1) is 11.7 Å². The van der Waals surface area contributed by atoms with Crippen LogP contribution in [0.4, 0.5) is 0 Å². The van der Waals surface area contributed by atoms with Crippen molar-refractivity contribution in [2.75, 3.05) is 0 Å². The zero-order chi connectivity index (χ0) is 14.7. The van der Waals surface area contributed by atoms with Gasteiger partial charge < -0.3 is 10.3 Å². The molecule has 2 heterocycles. The number of halogens is 1. The minimum atomic E-state index is -0.215. The van der Waals surface area contributed by atoms with Gasteiger partial charge in [0.1, 0.15) is 11.0 Å². The Bertz CT molecular complexity index is 629. The van der Waals surface area contributed by atoms with Crippen LogP contribution in [0, 0.1) is 6.92 Å². The van der Waals surface area contributed by atoms with Gasteiger partial charge in [0, 0.05) is 31.1 Å². The Kier molecular flexibility index (Phi) is 4.24. The third-order valence-corrected chi connectivity index (χ3v) is 3.33. The van der Waals surface area contributed by atoms with Crippen molar-refractivity contribution >= 4 is 23.6 Å². The van der Waals surface area contributed by atoms with E-state index in [1.54, 1.807) is 30.2 Å². The van der Waals surface area contributed by atoms with Gasteiger partial charge in [-0.05, 0) is 19.9 Å². The normalized spacial score (nSPS) is 12.8. The number of imidazole rings is 1. The third kappa shape index (κ3) is 3.08. The molecule has 1 amide bonds. The van der Waals surface area contributed by atoms with Crippen LogP contribution >= 0.6 is 11.6 Å². The van der Waals surface area contributed by atoms with Crippen LogP contribution in [0.25, 0.3) is 6.08 Å². The Morgan fingerprint density at radius 2 is 2.35 bits per heavy atom. The first-order valence-corrected chi connectivity index (χ1v) is 6.53. The summed E-state index contributed by atoms with van der Waals surface area (Å²) in [5, 5.41) is 7.49. The fourth-order valence-corrected chi connectivity index (χ4v) is 2.08. The van der Waals surface area contributed by atoms with Gasteiger partial charge in [0.25, 0.3) is 0 Å². The second-order valence-corrected chi connectivity index (χ2v) is 4.81. The van der Waals surface area contributed by atoms with E-state index in [1.165, 1.54) is 6.08 Å². The second-order valence-electron chi connectivity index (χ2n) is 4.45. The van der Waals surface area contributed by atoms with Crippen LogP contribution in [0.1, 0.15) is 30.0 Å². The van der Waals surface area contributed by atoms with Crippen LogP contribution in [0.3, 0.4) is 0 Å². The average Bonchev–Trinajstić information content (AvgIpc) is 2.98. The van der Waals surface area contributed by atoms with Crippen LogP contribution in [0.15, 0.2) is 18.5 Å². The lowest BCUT2D eigenvalue weighted by Gasteiger charge is -2.08. The number of nitrogens with one attached hydrogen (secondary N) is 2. The average molecular weight is 294 g/mol. The van der Waals surface area contributed by atoms with Gasteiger partial charge in [-0.25, -0.2) is 4.98 Å². The SMILES string of the molecule is Cc1nn(C)c(Cl)c1/C=C/C(=O)NC(C)c1ncc[nH]1. The van der Waals surface area contributed by atoms with Gasteiger partial charge in [-0.2, -0.15) is 5.10 Å². The smallest absolute Gasteiger partial charge is 0.244 e. The van der Waals surface area contributed by atoms with Crippen LogP contribution in [-0.4, -0.2) is 25.7 Å². The fraction of sp³-hybridized carbons (Fsp3) is 0.308. The highest BCUT2D eigenvalue weighted by Crippen LogP contribution is 2.19. The van der Waals surface area contributed by atoms with Crippen molar-refractivity contribution in [3.05, 3.63) is 40.7 Å². The Balaban J connectivity index is 2.02. The summed E-state index contributed by atoms with van der Waals surface area (Å²) in [4.78, 5) is 18.9. The quantitative estimate of drug-likeness (QED) is 0.847. The van der Waals surface area contributed by atoms with Crippen molar-refractivity contribution in [3.8, 4) is 0 Å². The van der Waals surface area contributed by atoms with Gasteiger partial charge in [0.15, 0.2) is 0 Å². The van der Waals surface area contributed by atoms with E-state index in [-0.39, 0.29) is 11.9 Å². The van der Waals surface area contributed by atoms with Crippen LogP contribution < -0.4 is 5.32 Å². The Hall–Kier alpha value is -2.08. The third-order valence-electron chi connectivity index (χ3n) is 2.89. The molecule has 0 aliphatic carbocycles. The van der Waals surface area contributed by atoms with Crippen molar-refractivity contribution in [1.29, 1.82) is 0 Å². The summed E-state index contributed by atoms with van der Waals surface area (Å²) in [6, 6.07) is -0.187. The summed E-state index contributed by atoms with van der Waals surface area (Å²) in [6.07, 6.45) is 6.46. The van der Waals surface area contributed by atoms with Gasteiger partial charge in [-0.1, -0.05) is 11.6 Å². The number of carbonyl (C=O) groups is 1. The lowest BCUT2D eigenvalue weighted by atomic mass is 10.2. The minimum Gasteiger partial charge on any atom is -0.347 e. The molecule has 1 unspecified atom stereocenters. The predicted molar refractivity (Wildman–Crippen MR) is 77.1 cm³/mol. The summed E-state index contributed by atoms with van der Waals surface area (Å²) < 4.78 is 1.57. The molecule has 0 spiro atoms. The first kappa shape index (κ1) is 14.3. The molecule has 2 aromatic rings. The molecule has 2 N–H and O–H groups in total. The molecule has 0 saturated heterocycles. The molecule has 1 atom stereocenters. The van der Waals surface area contributed by atoms with Crippen molar-refractivity contribution in [2.45, 2.75) is 19.9 Å². The van der Waals surface area contributed by atoms with E-state index in [0.29, 0.717) is 11.0 Å². The van der Waals surface area contributed by atoms with Crippen LogP contribution in [0.2, 0.25) is 5.15 Å². The largest absolute Gasteiger partial charge is 0.347 e. The van der Waals surface area contributed by atoms with E-state index in [4.69, 9.17) is 11.6 Å². The lowest BCUT2D eigenvalue weighted by Crippen LogP contribution is -2.25. The maximum atomic E-state index is 11.8. The Morgan fingerprint density at radius 3 is 2.90 bits per heavy atom. The summed E-state index contributed by atoms with van der Waals surface area (Å²) in [7, 11) is 1.76. The highest BCUT2D eigenvalue weighted by atomic mass is 35.5. The molecular weight excluding hydrogens is 278 g/mol. The molecule has 20 heavy (non-hydrogen) atoms. The Morgan fingerprint density at radius 1 is 1.60 bits per heavy atom. The van der Waals surface area contributed by atoms with Crippen molar-refractivity contribution in [3.63, 3.8) is 0 Å². The molecule has 0 radical (unpaired) electrons. The number of rotatable bonds is 4. The van der Waals surface area contributed by atoms with E-state index in [9.17, 15) is 4.79 Å². The number of H-pyrrole nitrogens is 1. The molecule has 2 rings (SSSR count). The van der Waals surface area contributed by atoms with Crippen LogP contribution in [0.5, 0.6) is 0 Å². The van der Waals surface area contributed by atoms with Gasteiger partial charge in [-0.3, -0.25) is 9.48 Å². The number of carbonyl (C=O) groups excluding carboxylic acids is 1. The van der Waals surface area contributed by atoms with Crippen molar-refractivity contribution < 1.29 is 4.79 Å². The van der Waals surface area contributed by atoms with E-state index < -0.39 is 0 Å². The van der Waals surface area contributed by atoms with E-state index in [1.807, 2.05) is 13.8 Å².